The standard InChI is InChI=1S/C14H18FNO/c1-3-5-10-8-13(10)16-12-7-4-6-11(15)14(12)9(2)17/h4,6-7,10,13,16H,3,5,8H2,1-2H3. The Bertz CT molecular complexity index is 430. The third-order valence-corrected chi connectivity index (χ3v) is 3.29. The average Bonchev–Trinajstić information content (AvgIpc) is 2.96. The number of Topliss-reactive ketones (excluding diaryl/α,β-unsaturated/α-hetero) is 1. The fourth-order valence-electron chi connectivity index (χ4n) is 2.32. The van der Waals surface area contributed by atoms with Gasteiger partial charge in [-0.25, -0.2) is 4.39 Å². The van der Waals surface area contributed by atoms with E-state index in [-0.39, 0.29) is 11.3 Å². The van der Waals surface area contributed by atoms with Crippen LogP contribution in [0.5, 0.6) is 0 Å². The molecule has 0 amide bonds. The first-order valence-corrected chi connectivity index (χ1v) is 6.19. The molecule has 0 aromatic heterocycles. The highest BCUT2D eigenvalue weighted by Crippen LogP contribution is 2.38. The topological polar surface area (TPSA) is 29.1 Å². The zero-order valence-electron chi connectivity index (χ0n) is 10.3. The molecule has 1 aromatic rings. The highest BCUT2D eigenvalue weighted by atomic mass is 19.1. The van der Waals surface area contributed by atoms with Crippen LogP contribution >= 0.6 is 0 Å². The molecule has 2 rings (SSSR count). The van der Waals surface area contributed by atoms with E-state index in [2.05, 4.69) is 12.2 Å². The number of halogens is 1. The second-order valence-electron chi connectivity index (χ2n) is 4.75. The lowest BCUT2D eigenvalue weighted by atomic mass is 10.1. The number of nitrogens with one attached hydrogen (secondary N) is 1. The monoisotopic (exact) mass is 235 g/mol. The maximum Gasteiger partial charge on any atom is 0.164 e. The molecule has 1 aromatic carbocycles. The minimum absolute atomic E-state index is 0.189. The Balaban J connectivity index is 2.11. The lowest BCUT2D eigenvalue weighted by molar-refractivity contribution is 0.101. The predicted molar refractivity (Wildman–Crippen MR) is 66.8 cm³/mol. The fourth-order valence-corrected chi connectivity index (χ4v) is 2.32. The molecule has 0 bridgehead atoms. The van der Waals surface area contributed by atoms with Crippen LogP contribution in [0.15, 0.2) is 18.2 Å². The molecule has 1 fully saturated rings. The lowest BCUT2D eigenvalue weighted by Gasteiger charge is -2.10. The van der Waals surface area contributed by atoms with E-state index >= 15 is 0 Å². The number of ketones is 1. The molecular formula is C14H18FNO. The number of carbonyl (C=O) groups is 1. The number of carbonyl (C=O) groups excluding carboxylic acids is 1. The summed E-state index contributed by atoms with van der Waals surface area (Å²) in [6.45, 7) is 3.57. The van der Waals surface area contributed by atoms with Gasteiger partial charge in [0.05, 0.1) is 5.56 Å². The number of benzene rings is 1. The summed E-state index contributed by atoms with van der Waals surface area (Å²) in [5, 5.41) is 3.28. The maximum absolute atomic E-state index is 13.6. The summed E-state index contributed by atoms with van der Waals surface area (Å²) in [5.41, 5.74) is 0.829. The second kappa shape index (κ2) is 4.86. The molecule has 2 unspecified atom stereocenters. The summed E-state index contributed by atoms with van der Waals surface area (Å²) >= 11 is 0. The molecule has 0 heterocycles. The Labute approximate surface area is 101 Å². The van der Waals surface area contributed by atoms with Crippen LogP contribution in [0.3, 0.4) is 0 Å². The Morgan fingerprint density at radius 2 is 2.29 bits per heavy atom. The number of anilines is 1. The van der Waals surface area contributed by atoms with Crippen LogP contribution in [-0.2, 0) is 0 Å². The largest absolute Gasteiger partial charge is 0.381 e. The van der Waals surface area contributed by atoms with E-state index in [1.807, 2.05) is 0 Å². The molecular weight excluding hydrogens is 217 g/mol. The summed E-state index contributed by atoms with van der Waals surface area (Å²) in [6.07, 6.45) is 3.50. The quantitative estimate of drug-likeness (QED) is 0.790. The van der Waals surface area contributed by atoms with E-state index < -0.39 is 5.82 Å². The number of rotatable bonds is 5. The molecule has 2 nitrogen and oxygen atoms in total. The molecule has 1 saturated carbocycles. The SMILES string of the molecule is CCCC1CC1Nc1cccc(F)c1C(C)=O. The summed E-state index contributed by atoms with van der Waals surface area (Å²) < 4.78 is 13.6. The molecule has 17 heavy (non-hydrogen) atoms. The minimum atomic E-state index is -0.435. The van der Waals surface area contributed by atoms with Crippen LogP contribution in [0.4, 0.5) is 10.1 Å². The van der Waals surface area contributed by atoms with Gasteiger partial charge in [-0.3, -0.25) is 4.79 Å². The third-order valence-electron chi connectivity index (χ3n) is 3.29. The summed E-state index contributed by atoms with van der Waals surface area (Å²) in [5.74, 6) is 0.0246. The summed E-state index contributed by atoms with van der Waals surface area (Å²) in [7, 11) is 0. The van der Waals surface area contributed by atoms with E-state index in [1.165, 1.54) is 25.8 Å². The Morgan fingerprint density at radius 1 is 1.53 bits per heavy atom. The normalized spacial score (nSPS) is 22.3. The molecule has 0 aliphatic heterocycles. The van der Waals surface area contributed by atoms with Crippen molar-refractivity contribution in [1.29, 1.82) is 0 Å². The lowest BCUT2D eigenvalue weighted by Crippen LogP contribution is -2.10. The van der Waals surface area contributed by atoms with Gasteiger partial charge in [-0.2, -0.15) is 0 Å². The molecule has 3 heteroatoms. The van der Waals surface area contributed by atoms with Crippen molar-refractivity contribution in [2.75, 3.05) is 5.32 Å². The van der Waals surface area contributed by atoms with Crippen molar-refractivity contribution in [3.8, 4) is 0 Å². The van der Waals surface area contributed by atoms with Crippen molar-refractivity contribution in [3.63, 3.8) is 0 Å². The van der Waals surface area contributed by atoms with Gasteiger partial charge in [-0.05, 0) is 37.8 Å². The maximum atomic E-state index is 13.6. The van der Waals surface area contributed by atoms with Crippen molar-refractivity contribution >= 4 is 11.5 Å². The molecule has 0 spiro atoms. The van der Waals surface area contributed by atoms with E-state index in [0.29, 0.717) is 17.6 Å². The zero-order chi connectivity index (χ0) is 12.4. The van der Waals surface area contributed by atoms with Gasteiger partial charge in [-0.1, -0.05) is 19.4 Å². The van der Waals surface area contributed by atoms with E-state index in [1.54, 1.807) is 12.1 Å². The highest BCUT2D eigenvalue weighted by molar-refractivity contribution is 5.99. The van der Waals surface area contributed by atoms with Crippen LogP contribution in [0.25, 0.3) is 0 Å². The first kappa shape index (κ1) is 12.1. The summed E-state index contributed by atoms with van der Waals surface area (Å²) in [6, 6.07) is 5.16. The van der Waals surface area contributed by atoms with Crippen molar-refractivity contribution in [1.82, 2.24) is 0 Å². The smallest absolute Gasteiger partial charge is 0.164 e. The molecule has 1 aliphatic rings. The van der Waals surface area contributed by atoms with E-state index in [9.17, 15) is 9.18 Å². The predicted octanol–water partition coefficient (Wildman–Crippen LogP) is 3.63. The first-order chi connectivity index (χ1) is 8.13. The van der Waals surface area contributed by atoms with Gasteiger partial charge in [0.25, 0.3) is 0 Å². The van der Waals surface area contributed by atoms with Crippen molar-refractivity contribution in [3.05, 3.63) is 29.6 Å². The van der Waals surface area contributed by atoms with Gasteiger partial charge in [0, 0.05) is 11.7 Å². The second-order valence-corrected chi connectivity index (χ2v) is 4.75. The van der Waals surface area contributed by atoms with Crippen molar-refractivity contribution in [2.24, 2.45) is 5.92 Å². The van der Waals surface area contributed by atoms with Gasteiger partial charge in [-0.15, -0.1) is 0 Å². The van der Waals surface area contributed by atoms with Gasteiger partial charge in [0.2, 0.25) is 0 Å². The van der Waals surface area contributed by atoms with E-state index in [0.717, 1.165) is 6.42 Å². The number of hydrogen-bond acceptors (Lipinski definition) is 2. The van der Waals surface area contributed by atoms with Crippen molar-refractivity contribution < 1.29 is 9.18 Å². The Hall–Kier alpha value is -1.38. The van der Waals surface area contributed by atoms with Gasteiger partial charge >= 0.3 is 0 Å². The van der Waals surface area contributed by atoms with E-state index in [4.69, 9.17) is 0 Å². The molecule has 2 atom stereocenters. The molecule has 0 saturated heterocycles. The van der Waals surface area contributed by atoms with Crippen molar-refractivity contribution in [2.45, 2.75) is 39.2 Å². The average molecular weight is 235 g/mol. The Kier molecular flexibility index (Phi) is 3.46. The van der Waals surface area contributed by atoms with Crippen LogP contribution in [-0.4, -0.2) is 11.8 Å². The minimum Gasteiger partial charge on any atom is -0.381 e. The number of hydrogen-bond donors (Lipinski definition) is 1. The Morgan fingerprint density at radius 3 is 2.94 bits per heavy atom. The van der Waals surface area contributed by atoms with Crippen LogP contribution in [0, 0.1) is 11.7 Å². The molecule has 92 valence electrons. The van der Waals surface area contributed by atoms with Crippen LogP contribution < -0.4 is 5.32 Å². The molecule has 0 radical (unpaired) electrons. The van der Waals surface area contributed by atoms with Gasteiger partial charge in [0.1, 0.15) is 5.82 Å². The molecule has 1 N–H and O–H groups in total. The van der Waals surface area contributed by atoms with Gasteiger partial charge < -0.3 is 5.32 Å². The summed E-state index contributed by atoms with van der Waals surface area (Å²) in [4.78, 5) is 11.4. The van der Waals surface area contributed by atoms with Gasteiger partial charge in [0.15, 0.2) is 5.78 Å². The fraction of sp³-hybridized carbons (Fsp3) is 0.500. The zero-order valence-corrected chi connectivity index (χ0v) is 10.3. The van der Waals surface area contributed by atoms with Crippen LogP contribution in [0.2, 0.25) is 0 Å². The molecule has 1 aliphatic carbocycles. The third kappa shape index (κ3) is 2.65. The highest BCUT2D eigenvalue weighted by Gasteiger charge is 2.36. The first-order valence-electron chi connectivity index (χ1n) is 6.19. The van der Waals surface area contributed by atoms with Crippen LogP contribution in [0.1, 0.15) is 43.5 Å².